The highest BCUT2D eigenvalue weighted by molar-refractivity contribution is 7.85. The number of carbonyl (C=O) groups is 1. The van der Waals surface area contributed by atoms with E-state index in [0.29, 0.717) is 41.0 Å². The first kappa shape index (κ1) is 13.2. The number of halogens is 1. The van der Waals surface area contributed by atoms with Crippen molar-refractivity contribution in [2.24, 2.45) is 0 Å². The topological polar surface area (TPSA) is 75.4 Å². The molecule has 2 amide bonds. The molecule has 0 radical (unpaired) electrons. The number of urea groups is 1. The molecule has 7 heteroatoms. The van der Waals surface area contributed by atoms with Crippen molar-refractivity contribution in [2.75, 3.05) is 31.1 Å². The molecule has 3 N–H and O–H groups in total. The van der Waals surface area contributed by atoms with Gasteiger partial charge in [-0.05, 0) is 12.1 Å². The summed E-state index contributed by atoms with van der Waals surface area (Å²) in [5.41, 5.74) is 6.19. The number of benzene rings is 1. The van der Waals surface area contributed by atoms with Crippen LogP contribution in [0.1, 0.15) is 0 Å². The molecule has 5 nitrogen and oxygen atoms in total. The molecule has 1 fully saturated rings. The third-order valence-corrected chi connectivity index (χ3v) is 4.61. The molecule has 0 bridgehead atoms. The molecule has 0 spiro atoms. The lowest BCUT2D eigenvalue weighted by atomic mass is 10.3. The molecule has 1 atom stereocenters. The van der Waals surface area contributed by atoms with Crippen molar-refractivity contribution in [3.05, 3.63) is 23.2 Å². The third kappa shape index (κ3) is 2.76. The largest absolute Gasteiger partial charge is 0.398 e. The highest BCUT2D eigenvalue weighted by Gasteiger charge is 2.21. The Morgan fingerprint density at radius 1 is 1.50 bits per heavy atom. The number of nitrogens with two attached hydrogens (primary N) is 1. The summed E-state index contributed by atoms with van der Waals surface area (Å²) < 4.78 is 12.1. The number of carbonyl (C=O) groups excluding carboxylic acids is 1. The van der Waals surface area contributed by atoms with Gasteiger partial charge in [0.25, 0.3) is 0 Å². The van der Waals surface area contributed by atoms with Crippen LogP contribution in [0.5, 0.6) is 0 Å². The molecule has 1 aliphatic rings. The lowest BCUT2D eigenvalue weighted by Gasteiger charge is -2.14. The van der Waals surface area contributed by atoms with Gasteiger partial charge in [0.2, 0.25) is 0 Å². The first-order chi connectivity index (χ1) is 8.59. The van der Waals surface area contributed by atoms with Crippen molar-refractivity contribution in [3.63, 3.8) is 0 Å². The molecule has 1 aromatic carbocycles. The van der Waals surface area contributed by atoms with Crippen molar-refractivity contribution in [2.45, 2.75) is 4.90 Å². The zero-order valence-corrected chi connectivity index (χ0v) is 11.3. The van der Waals surface area contributed by atoms with E-state index in [1.165, 1.54) is 0 Å². The van der Waals surface area contributed by atoms with Gasteiger partial charge in [0, 0.05) is 31.1 Å². The van der Waals surface area contributed by atoms with E-state index in [1.54, 1.807) is 23.1 Å². The van der Waals surface area contributed by atoms with Crippen molar-refractivity contribution in [1.82, 2.24) is 10.2 Å². The molecule has 1 unspecified atom stereocenters. The highest BCUT2D eigenvalue weighted by Crippen LogP contribution is 2.25. The van der Waals surface area contributed by atoms with E-state index < -0.39 is 10.8 Å². The maximum atomic E-state index is 12.1. The van der Waals surface area contributed by atoms with Crippen LogP contribution < -0.4 is 11.1 Å². The molecule has 0 saturated carbocycles. The van der Waals surface area contributed by atoms with Gasteiger partial charge >= 0.3 is 6.03 Å². The third-order valence-electron chi connectivity index (χ3n) is 2.72. The number of hydrogen-bond acceptors (Lipinski definition) is 3. The molecule has 18 heavy (non-hydrogen) atoms. The van der Waals surface area contributed by atoms with Gasteiger partial charge in [0.05, 0.1) is 20.7 Å². The van der Waals surface area contributed by atoms with E-state index >= 15 is 0 Å². The van der Waals surface area contributed by atoms with Crippen LogP contribution in [0.4, 0.5) is 10.5 Å². The number of nitrogen functional groups attached to an aromatic ring is 1. The molecule has 98 valence electrons. The van der Waals surface area contributed by atoms with E-state index in [1.807, 2.05) is 0 Å². The number of amides is 2. The normalized spacial score (nSPS) is 16.7. The van der Waals surface area contributed by atoms with Crippen molar-refractivity contribution in [3.8, 4) is 0 Å². The van der Waals surface area contributed by atoms with Crippen LogP contribution >= 0.6 is 11.6 Å². The fourth-order valence-corrected chi connectivity index (χ4v) is 3.43. The SMILES string of the molecule is Nc1cccc(Cl)c1S(=O)CCN1CCNC1=O. The molecular formula is C11H14ClN3O2S. The maximum Gasteiger partial charge on any atom is 0.317 e. The van der Waals surface area contributed by atoms with Crippen LogP contribution in [-0.2, 0) is 10.8 Å². The maximum absolute atomic E-state index is 12.1. The molecule has 1 saturated heterocycles. The highest BCUT2D eigenvalue weighted by atomic mass is 35.5. The average molecular weight is 288 g/mol. The van der Waals surface area contributed by atoms with Crippen LogP contribution in [0.15, 0.2) is 23.1 Å². The average Bonchev–Trinajstić information content (AvgIpc) is 2.72. The van der Waals surface area contributed by atoms with Crippen LogP contribution in [0, 0.1) is 0 Å². The van der Waals surface area contributed by atoms with Crippen LogP contribution in [0.25, 0.3) is 0 Å². The first-order valence-electron chi connectivity index (χ1n) is 5.54. The van der Waals surface area contributed by atoms with Crippen LogP contribution in [0.2, 0.25) is 5.02 Å². The van der Waals surface area contributed by atoms with Crippen molar-refractivity contribution >= 4 is 34.1 Å². The monoisotopic (exact) mass is 287 g/mol. The van der Waals surface area contributed by atoms with E-state index in [9.17, 15) is 9.00 Å². The fraction of sp³-hybridized carbons (Fsp3) is 0.364. The summed E-state index contributed by atoms with van der Waals surface area (Å²) >= 11 is 5.98. The van der Waals surface area contributed by atoms with Crippen LogP contribution in [-0.4, -0.2) is 40.5 Å². The summed E-state index contributed by atoms with van der Waals surface area (Å²) in [7, 11) is -1.30. The second-order valence-electron chi connectivity index (χ2n) is 3.93. The summed E-state index contributed by atoms with van der Waals surface area (Å²) in [6.07, 6.45) is 0. The van der Waals surface area contributed by atoms with Crippen molar-refractivity contribution < 1.29 is 9.00 Å². The van der Waals surface area contributed by atoms with E-state index in [4.69, 9.17) is 17.3 Å². The Hall–Kier alpha value is -1.27. The van der Waals surface area contributed by atoms with Gasteiger partial charge in [0.1, 0.15) is 0 Å². The van der Waals surface area contributed by atoms with Crippen molar-refractivity contribution in [1.29, 1.82) is 0 Å². The van der Waals surface area contributed by atoms with Gasteiger partial charge in [-0.2, -0.15) is 0 Å². The zero-order chi connectivity index (χ0) is 13.1. The molecule has 0 aromatic heterocycles. The molecular weight excluding hydrogens is 274 g/mol. The van der Waals surface area contributed by atoms with E-state index in [0.717, 1.165) is 0 Å². The predicted molar refractivity (Wildman–Crippen MR) is 72.1 cm³/mol. The smallest absolute Gasteiger partial charge is 0.317 e. The van der Waals surface area contributed by atoms with Gasteiger partial charge in [-0.25, -0.2) is 4.79 Å². The fourth-order valence-electron chi connectivity index (χ4n) is 1.79. The van der Waals surface area contributed by atoms with E-state index in [-0.39, 0.29) is 6.03 Å². The van der Waals surface area contributed by atoms with Gasteiger partial charge < -0.3 is 16.0 Å². The number of anilines is 1. The second kappa shape index (κ2) is 5.58. The molecule has 2 rings (SSSR count). The molecule has 1 aliphatic heterocycles. The predicted octanol–water partition coefficient (Wildman–Crippen LogP) is 1.06. The molecule has 1 heterocycles. The summed E-state index contributed by atoms with van der Waals surface area (Å²) in [4.78, 5) is 13.4. The molecule has 0 aliphatic carbocycles. The zero-order valence-electron chi connectivity index (χ0n) is 9.69. The van der Waals surface area contributed by atoms with Gasteiger partial charge in [-0.1, -0.05) is 17.7 Å². The number of hydrogen-bond donors (Lipinski definition) is 2. The molecule has 1 aromatic rings. The van der Waals surface area contributed by atoms with Gasteiger partial charge in [-0.3, -0.25) is 4.21 Å². The minimum absolute atomic E-state index is 0.112. The Labute approximate surface area is 113 Å². The lowest BCUT2D eigenvalue weighted by molar-refractivity contribution is 0.220. The number of nitrogens with zero attached hydrogens (tertiary/aromatic N) is 1. The summed E-state index contributed by atoms with van der Waals surface area (Å²) in [5, 5.41) is 3.10. The quantitative estimate of drug-likeness (QED) is 0.813. The minimum Gasteiger partial charge on any atom is -0.398 e. The number of rotatable bonds is 4. The number of nitrogens with one attached hydrogen (secondary N) is 1. The first-order valence-corrected chi connectivity index (χ1v) is 7.24. The second-order valence-corrected chi connectivity index (χ2v) is 5.84. The lowest BCUT2D eigenvalue weighted by Crippen LogP contribution is -2.31. The minimum atomic E-state index is -1.30. The summed E-state index contributed by atoms with van der Waals surface area (Å²) in [6, 6.07) is 4.93. The standard InChI is InChI=1S/C11H14ClN3O2S/c12-8-2-1-3-9(13)10(8)18(17)7-6-15-5-4-14-11(15)16/h1-3H,4-7,13H2,(H,14,16). The summed E-state index contributed by atoms with van der Waals surface area (Å²) in [5.74, 6) is 0.335. The van der Waals surface area contributed by atoms with E-state index in [2.05, 4.69) is 5.32 Å². The summed E-state index contributed by atoms with van der Waals surface area (Å²) in [6.45, 7) is 1.72. The Morgan fingerprint density at radius 2 is 2.28 bits per heavy atom. The van der Waals surface area contributed by atoms with Gasteiger partial charge in [-0.15, -0.1) is 0 Å². The van der Waals surface area contributed by atoms with Gasteiger partial charge in [0.15, 0.2) is 0 Å². The Bertz CT molecular complexity index is 475. The Morgan fingerprint density at radius 3 is 2.89 bits per heavy atom. The Balaban J connectivity index is 2.02. The Kier molecular flexibility index (Phi) is 4.08. The van der Waals surface area contributed by atoms with Crippen LogP contribution in [0.3, 0.4) is 0 Å².